The zero-order valence-corrected chi connectivity index (χ0v) is 25.7. The molecular formula is C27H54N8O9. The Balaban J connectivity index is 0.00000330. The maximum atomic E-state index is 12.8. The highest BCUT2D eigenvalue weighted by atomic mass is 16.7. The molecular weight excluding hydrogens is 580 g/mol. The number of guanidine groups is 1. The number of aliphatic hydroxyl groups excluding tert-OH is 3. The van der Waals surface area contributed by atoms with Crippen LogP contribution in [0.5, 0.6) is 0 Å². The van der Waals surface area contributed by atoms with Crippen molar-refractivity contribution in [3.8, 4) is 0 Å². The maximum absolute atomic E-state index is 12.8. The van der Waals surface area contributed by atoms with Gasteiger partial charge >= 0.3 is 0 Å². The summed E-state index contributed by atoms with van der Waals surface area (Å²) < 4.78 is 23.7. The molecule has 17 heteroatoms. The minimum atomic E-state index is -1.44. The number of aliphatic imine (C=N–C) groups is 1. The number of amides is 1. The van der Waals surface area contributed by atoms with Gasteiger partial charge in [0, 0.05) is 31.8 Å². The zero-order chi connectivity index (χ0) is 32.9. The molecule has 10 atom stereocenters. The number of aliphatic hydroxyl groups is 4. The number of carbonyl (C=O) groups excluding carboxylic acids is 1. The molecule has 1 aliphatic carbocycles. The van der Waals surface area contributed by atoms with E-state index in [1.54, 1.807) is 0 Å². The van der Waals surface area contributed by atoms with Crippen molar-refractivity contribution in [1.82, 2.24) is 10.6 Å². The standard InChI is InChI=1S/C26H49N7O9.CH5N/c1-26(38)11-18(35)24(39-13-26)42-22-16(33-23(37)17(34)6-9-32-25(29)30)10-15(28)21(20(22)36)41-19-5-2-4-14(40-19)12-31-8-3-7-27;1-2/h4,15-22,24,31,34-36,38H,2-3,5-13,27-28H2,1H3,(H,33,37)(H4,29,30,32);2H2,1H3/t15?,16?,17?,18?,19-,20?,21-,22+,24?,26-;/m1./s1. The van der Waals surface area contributed by atoms with Gasteiger partial charge in [-0.2, -0.15) is 0 Å². The highest BCUT2D eigenvalue weighted by Crippen LogP contribution is 2.32. The van der Waals surface area contributed by atoms with Crippen molar-refractivity contribution in [1.29, 1.82) is 0 Å². The van der Waals surface area contributed by atoms with Gasteiger partial charge in [-0.15, -0.1) is 0 Å². The minimum absolute atomic E-state index is 0.0230. The molecule has 0 aromatic heterocycles. The van der Waals surface area contributed by atoms with Gasteiger partial charge in [-0.3, -0.25) is 9.79 Å². The topological polar surface area (TPSA) is 301 Å². The largest absolute Gasteiger partial charge is 0.468 e. The van der Waals surface area contributed by atoms with Crippen LogP contribution in [0.2, 0.25) is 0 Å². The van der Waals surface area contributed by atoms with Gasteiger partial charge in [0.25, 0.3) is 0 Å². The fourth-order valence-corrected chi connectivity index (χ4v) is 5.21. The van der Waals surface area contributed by atoms with Crippen LogP contribution in [-0.4, -0.2) is 133 Å². The summed E-state index contributed by atoms with van der Waals surface area (Å²) in [7, 11) is 1.50. The fourth-order valence-electron chi connectivity index (χ4n) is 5.21. The third-order valence-corrected chi connectivity index (χ3v) is 7.38. The summed E-state index contributed by atoms with van der Waals surface area (Å²) in [5.41, 5.74) is 25.8. The number of nitrogens with one attached hydrogen (secondary N) is 2. The third kappa shape index (κ3) is 12.0. The predicted octanol–water partition coefficient (Wildman–Crippen LogP) is -4.25. The number of nitrogens with two attached hydrogens (primary N) is 5. The molecule has 44 heavy (non-hydrogen) atoms. The van der Waals surface area contributed by atoms with Crippen LogP contribution in [0.1, 0.15) is 45.4 Å². The van der Waals surface area contributed by atoms with E-state index in [-0.39, 0.29) is 38.4 Å². The van der Waals surface area contributed by atoms with Gasteiger partial charge in [0.2, 0.25) is 5.91 Å². The van der Waals surface area contributed by atoms with E-state index in [0.717, 1.165) is 13.0 Å². The lowest BCUT2D eigenvalue weighted by atomic mass is 9.83. The van der Waals surface area contributed by atoms with E-state index in [2.05, 4.69) is 21.4 Å². The summed E-state index contributed by atoms with van der Waals surface area (Å²) in [6.07, 6.45) is -3.93. The summed E-state index contributed by atoms with van der Waals surface area (Å²) in [5.74, 6) is -0.194. The molecule has 1 saturated carbocycles. The van der Waals surface area contributed by atoms with Crippen molar-refractivity contribution in [2.45, 2.75) is 106 Å². The molecule has 16 N–H and O–H groups in total. The quantitative estimate of drug-likeness (QED) is 0.0490. The Hall–Kier alpha value is -2.16. The summed E-state index contributed by atoms with van der Waals surface area (Å²) in [6.45, 7) is 3.28. The average Bonchev–Trinajstić information content (AvgIpc) is 2.97. The Morgan fingerprint density at radius 2 is 1.98 bits per heavy atom. The molecule has 3 aliphatic rings. The van der Waals surface area contributed by atoms with Crippen molar-refractivity contribution >= 4 is 11.9 Å². The van der Waals surface area contributed by atoms with E-state index in [0.29, 0.717) is 31.7 Å². The van der Waals surface area contributed by atoms with Crippen LogP contribution in [0.3, 0.4) is 0 Å². The second-order valence-corrected chi connectivity index (χ2v) is 11.4. The van der Waals surface area contributed by atoms with Gasteiger partial charge in [-0.05, 0) is 52.4 Å². The third-order valence-electron chi connectivity index (χ3n) is 7.38. The minimum Gasteiger partial charge on any atom is -0.468 e. The summed E-state index contributed by atoms with van der Waals surface area (Å²) >= 11 is 0. The van der Waals surface area contributed by atoms with Crippen LogP contribution in [0.4, 0.5) is 0 Å². The van der Waals surface area contributed by atoms with Gasteiger partial charge in [0.15, 0.2) is 18.5 Å². The predicted molar refractivity (Wildman–Crippen MR) is 161 cm³/mol. The van der Waals surface area contributed by atoms with Crippen molar-refractivity contribution < 1.29 is 44.2 Å². The summed E-state index contributed by atoms with van der Waals surface area (Å²) in [6, 6.07) is -1.63. The molecule has 2 aliphatic heterocycles. The molecule has 3 rings (SSSR count). The van der Waals surface area contributed by atoms with Crippen LogP contribution in [-0.2, 0) is 23.7 Å². The lowest BCUT2D eigenvalue weighted by molar-refractivity contribution is -0.297. The smallest absolute Gasteiger partial charge is 0.249 e. The monoisotopic (exact) mass is 634 g/mol. The van der Waals surface area contributed by atoms with Crippen LogP contribution in [0, 0.1) is 0 Å². The summed E-state index contributed by atoms with van der Waals surface area (Å²) in [5, 5.41) is 48.6. The highest BCUT2D eigenvalue weighted by Gasteiger charge is 2.49. The normalized spacial score (nSPS) is 34.4. The second-order valence-electron chi connectivity index (χ2n) is 11.4. The Morgan fingerprint density at radius 3 is 2.64 bits per heavy atom. The van der Waals surface area contributed by atoms with Gasteiger partial charge in [0.1, 0.15) is 36.3 Å². The Kier molecular flexibility index (Phi) is 16.2. The van der Waals surface area contributed by atoms with E-state index in [1.165, 1.54) is 14.0 Å². The van der Waals surface area contributed by atoms with Crippen LogP contribution < -0.4 is 39.3 Å². The van der Waals surface area contributed by atoms with E-state index in [1.807, 2.05) is 6.08 Å². The van der Waals surface area contributed by atoms with Crippen molar-refractivity contribution in [3.63, 3.8) is 0 Å². The molecule has 1 amide bonds. The van der Waals surface area contributed by atoms with E-state index in [4.69, 9.17) is 41.9 Å². The number of rotatable bonds is 14. The van der Waals surface area contributed by atoms with Gasteiger partial charge in [-0.1, -0.05) is 0 Å². The second kappa shape index (κ2) is 18.7. The molecule has 0 aromatic rings. The molecule has 17 nitrogen and oxygen atoms in total. The van der Waals surface area contributed by atoms with Crippen LogP contribution in [0.25, 0.3) is 0 Å². The molecule has 256 valence electrons. The van der Waals surface area contributed by atoms with E-state index >= 15 is 0 Å². The number of nitrogens with zero attached hydrogens (tertiary/aromatic N) is 1. The Morgan fingerprint density at radius 1 is 1.25 bits per heavy atom. The first kappa shape index (κ1) is 38.0. The maximum Gasteiger partial charge on any atom is 0.249 e. The van der Waals surface area contributed by atoms with Crippen LogP contribution >= 0.6 is 0 Å². The number of hydrogen-bond acceptors (Lipinski definition) is 14. The van der Waals surface area contributed by atoms with Crippen molar-refractivity contribution in [2.24, 2.45) is 33.7 Å². The molecule has 0 aromatic carbocycles. The van der Waals surface area contributed by atoms with Crippen molar-refractivity contribution in [3.05, 3.63) is 11.8 Å². The van der Waals surface area contributed by atoms with Gasteiger partial charge in [0.05, 0.1) is 24.8 Å². The highest BCUT2D eigenvalue weighted by molar-refractivity contribution is 5.81. The first-order valence-electron chi connectivity index (χ1n) is 15.0. The fraction of sp³-hybridized carbons (Fsp3) is 0.852. The van der Waals surface area contributed by atoms with Gasteiger partial charge in [-0.25, -0.2) is 0 Å². The number of hydrogen-bond donors (Lipinski definition) is 11. The molecule has 0 radical (unpaired) electrons. The molecule has 2 fully saturated rings. The first-order chi connectivity index (χ1) is 20.9. The SMILES string of the molecule is CN.C[C@]1(O)COC(O[C@H]2C(NC(=O)C(O)CCN=C(N)N)CC(N)[C@@H](O[C@@H]3CCC=C(CNCCCN)O3)C2O)C(O)C1. The molecule has 6 unspecified atom stereocenters. The number of allylic oxidation sites excluding steroid dienone is 1. The molecule has 1 saturated heterocycles. The van der Waals surface area contributed by atoms with Crippen LogP contribution in [0.15, 0.2) is 16.8 Å². The average molecular weight is 635 g/mol. The lowest BCUT2D eigenvalue weighted by Gasteiger charge is -2.47. The molecule has 0 bridgehead atoms. The van der Waals surface area contributed by atoms with Crippen molar-refractivity contribution in [2.75, 3.05) is 39.8 Å². The zero-order valence-electron chi connectivity index (χ0n) is 25.7. The number of carbonyl (C=O) groups is 1. The summed E-state index contributed by atoms with van der Waals surface area (Å²) in [4.78, 5) is 16.6. The number of ether oxygens (including phenoxy) is 4. The van der Waals surface area contributed by atoms with E-state index in [9.17, 15) is 25.2 Å². The molecule has 0 spiro atoms. The Bertz CT molecular complexity index is 924. The molecule has 2 heterocycles. The Labute approximate surface area is 258 Å². The lowest BCUT2D eigenvalue weighted by Crippen LogP contribution is -2.67. The first-order valence-corrected chi connectivity index (χ1v) is 15.0. The van der Waals surface area contributed by atoms with Gasteiger partial charge < -0.3 is 78.7 Å². The van der Waals surface area contributed by atoms with E-state index < -0.39 is 66.7 Å².